The monoisotopic (exact) mass is 349 g/mol. The largest absolute Gasteiger partial charge is 0.381 e. The Bertz CT molecular complexity index is 1130. The summed E-state index contributed by atoms with van der Waals surface area (Å²) in [6.45, 7) is 1.60. The van der Waals surface area contributed by atoms with Crippen molar-refractivity contribution < 1.29 is 4.74 Å². The molecule has 132 valence electrons. The van der Waals surface area contributed by atoms with Gasteiger partial charge >= 0.3 is 5.69 Å². The second kappa shape index (κ2) is 6.10. The zero-order chi connectivity index (χ0) is 17.5. The van der Waals surface area contributed by atoms with E-state index in [1.165, 1.54) is 0 Å². The maximum atomic E-state index is 11.7. The van der Waals surface area contributed by atoms with Crippen LogP contribution in [0.4, 0.5) is 0 Å². The van der Waals surface area contributed by atoms with Gasteiger partial charge in [-0.2, -0.15) is 0 Å². The molecule has 1 aliphatic rings. The number of ether oxygens (including phenoxy) is 1. The molecule has 5 rings (SSSR count). The Hall–Kier alpha value is -2.93. The smallest absolute Gasteiger partial charge is 0.326 e. The second-order valence-corrected chi connectivity index (χ2v) is 6.83. The lowest BCUT2D eigenvalue weighted by Gasteiger charge is -2.22. The number of fused-ring (bicyclic) bond motifs is 2. The highest BCUT2D eigenvalue weighted by Crippen LogP contribution is 2.29. The fourth-order valence-electron chi connectivity index (χ4n) is 3.69. The van der Waals surface area contributed by atoms with Gasteiger partial charge < -0.3 is 9.72 Å². The highest BCUT2D eigenvalue weighted by molar-refractivity contribution is 5.85. The van der Waals surface area contributed by atoms with Crippen molar-refractivity contribution in [2.45, 2.75) is 19.3 Å². The molecule has 0 atom stereocenters. The lowest BCUT2D eigenvalue weighted by molar-refractivity contribution is 0.0663. The van der Waals surface area contributed by atoms with Gasteiger partial charge in [-0.3, -0.25) is 9.97 Å². The minimum atomic E-state index is -0.282. The molecule has 4 aromatic rings. The van der Waals surface area contributed by atoms with E-state index in [0.29, 0.717) is 17.2 Å². The molecular weight excluding hydrogens is 330 g/mol. The van der Waals surface area contributed by atoms with Crippen LogP contribution >= 0.6 is 0 Å². The third kappa shape index (κ3) is 2.70. The Labute approximate surface area is 148 Å². The zero-order valence-corrected chi connectivity index (χ0v) is 14.2. The molecule has 1 saturated heterocycles. The molecule has 3 N–H and O–H groups in total. The van der Waals surface area contributed by atoms with Crippen molar-refractivity contribution in [3.8, 4) is 11.3 Å². The predicted octanol–water partition coefficient (Wildman–Crippen LogP) is 2.76. The Morgan fingerprint density at radius 2 is 1.88 bits per heavy atom. The van der Waals surface area contributed by atoms with Crippen LogP contribution in [0, 0.1) is 5.92 Å². The quantitative estimate of drug-likeness (QED) is 0.529. The number of aromatic amines is 3. The molecule has 0 radical (unpaired) electrons. The number of hydrogen-bond acceptors (Lipinski definition) is 4. The molecule has 0 saturated carbocycles. The topological polar surface area (TPSA) is 99.5 Å². The molecule has 0 unspecified atom stereocenters. The van der Waals surface area contributed by atoms with Gasteiger partial charge in [0.15, 0.2) is 11.3 Å². The van der Waals surface area contributed by atoms with Crippen LogP contribution in [0.2, 0.25) is 0 Å². The molecule has 1 aromatic carbocycles. The molecule has 26 heavy (non-hydrogen) atoms. The number of hydrogen-bond donors (Lipinski definition) is 3. The van der Waals surface area contributed by atoms with Gasteiger partial charge in [-0.05, 0) is 43.4 Å². The van der Waals surface area contributed by atoms with E-state index in [4.69, 9.17) is 14.7 Å². The lowest BCUT2D eigenvalue weighted by atomic mass is 9.93. The van der Waals surface area contributed by atoms with Crippen molar-refractivity contribution in [3.63, 3.8) is 0 Å². The average molecular weight is 349 g/mol. The van der Waals surface area contributed by atoms with Crippen LogP contribution in [0.5, 0.6) is 0 Å². The first-order valence-electron chi connectivity index (χ1n) is 8.90. The highest BCUT2D eigenvalue weighted by Gasteiger charge is 2.20. The Balaban J connectivity index is 1.64. The van der Waals surface area contributed by atoms with E-state index < -0.39 is 0 Å². The van der Waals surface area contributed by atoms with Crippen molar-refractivity contribution in [3.05, 3.63) is 46.6 Å². The van der Waals surface area contributed by atoms with Crippen LogP contribution in [-0.2, 0) is 11.2 Å². The molecular formula is C19H19N5O2. The molecule has 7 heteroatoms. The first-order chi connectivity index (χ1) is 12.8. The summed E-state index contributed by atoms with van der Waals surface area (Å²) in [7, 11) is 0. The molecule has 4 heterocycles. The highest BCUT2D eigenvalue weighted by atomic mass is 16.5. The van der Waals surface area contributed by atoms with Gasteiger partial charge in [0.05, 0.1) is 11.4 Å². The summed E-state index contributed by atoms with van der Waals surface area (Å²) < 4.78 is 5.47. The number of nitrogens with one attached hydrogen (secondary N) is 3. The third-order valence-corrected chi connectivity index (χ3v) is 5.08. The fraction of sp³-hybridized carbons (Fsp3) is 0.316. The maximum Gasteiger partial charge on any atom is 0.326 e. The van der Waals surface area contributed by atoms with Gasteiger partial charge in [0, 0.05) is 35.9 Å². The number of benzene rings is 1. The molecule has 3 aromatic heterocycles. The van der Waals surface area contributed by atoms with Gasteiger partial charge in [-0.1, -0.05) is 6.07 Å². The fourth-order valence-corrected chi connectivity index (χ4v) is 3.69. The van der Waals surface area contributed by atoms with Crippen LogP contribution in [0.15, 0.2) is 35.3 Å². The first kappa shape index (κ1) is 15.3. The summed E-state index contributed by atoms with van der Waals surface area (Å²) in [6, 6.07) is 8.25. The van der Waals surface area contributed by atoms with Crippen molar-refractivity contribution in [2.24, 2.45) is 5.92 Å². The summed E-state index contributed by atoms with van der Waals surface area (Å²) in [5.41, 5.74) is 4.59. The minimum Gasteiger partial charge on any atom is -0.381 e. The van der Waals surface area contributed by atoms with Crippen molar-refractivity contribution in [2.75, 3.05) is 13.2 Å². The van der Waals surface area contributed by atoms with E-state index in [9.17, 15) is 4.79 Å². The van der Waals surface area contributed by atoms with E-state index in [2.05, 4.69) is 27.1 Å². The van der Waals surface area contributed by atoms with Crippen molar-refractivity contribution in [1.82, 2.24) is 24.9 Å². The van der Waals surface area contributed by atoms with Crippen molar-refractivity contribution in [1.29, 1.82) is 0 Å². The van der Waals surface area contributed by atoms with Crippen molar-refractivity contribution >= 4 is 22.2 Å². The first-order valence-corrected chi connectivity index (χ1v) is 8.90. The Morgan fingerprint density at radius 3 is 2.73 bits per heavy atom. The summed E-state index contributed by atoms with van der Waals surface area (Å²) in [6.07, 6.45) is 4.81. The van der Waals surface area contributed by atoms with Crippen LogP contribution in [0.25, 0.3) is 33.5 Å². The summed E-state index contributed by atoms with van der Waals surface area (Å²) in [4.78, 5) is 29.8. The number of aromatic nitrogens is 5. The number of imidazole rings is 1. The van der Waals surface area contributed by atoms with Crippen LogP contribution < -0.4 is 5.69 Å². The van der Waals surface area contributed by atoms with E-state index in [-0.39, 0.29) is 5.69 Å². The lowest BCUT2D eigenvalue weighted by Crippen LogP contribution is -2.18. The van der Waals surface area contributed by atoms with Gasteiger partial charge in [0.1, 0.15) is 0 Å². The molecule has 1 aliphatic heterocycles. The zero-order valence-electron chi connectivity index (χ0n) is 14.2. The summed E-state index contributed by atoms with van der Waals surface area (Å²) in [5.74, 6) is 0.524. The van der Waals surface area contributed by atoms with Gasteiger partial charge in [0.2, 0.25) is 0 Å². The summed E-state index contributed by atoms with van der Waals surface area (Å²) in [5, 5.41) is 1.13. The molecule has 0 bridgehead atoms. The SMILES string of the molecule is O=c1[nH]c2nc(CC3CCOCC3)c(-c3ccc4[nH]ccc4c3)nc2[nH]1. The summed E-state index contributed by atoms with van der Waals surface area (Å²) >= 11 is 0. The van der Waals surface area contributed by atoms with Gasteiger partial charge in [-0.25, -0.2) is 14.8 Å². The molecule has 0 spiro atoms. The maximum absolute atomic E-state index is 11.7. The number of H-pyrrole nitrogens is 3. The van der Waals surface area contributed by atoms with E-state index in [0.717, 1.165) is 60.3 Å². The Morgan fingerprint density at radius 1 is 1.08 bits per heavy atom. The predicted molar refractivity (Wildman–Crippen MR) is 99.0 cm³/mol. The van der Waals surface area contributed by atoms with Gasteiger partial charge in [0.25, 0.3) is 0 Å². The minimum absolute atomic E-state index is 0.282. The second-order valence-electron chi connectivity index (χ2n) is 6.83. The Kier molecular flexibility index (Phi) is 3.60. The normalized spacial score (nSPS) is 15.8. The standard InChI is InChI=1S/C19H19N5O2/c25-19-23-17-18(24-19)22-16(13-1-2-14-12(10-13)3-6-20-14)15(21-17)9-11-4-7-26-8-5-11/h1-3,6,10-11,20H,4-5,7-9H2,(H2,21,22,23,24,25). The number of rotatable bonds is 3. The molecule has 0 aliphatic carbocycles. The third-order valence-electron chi connectivity index (χ3n) is 5.08. The van der Waals surface area contributed by atoms with Crippen LogP contribution in [-0.4, -0.2) is 38.1 Å². The molecule has 7 nitrogen and oxygen atoms in total. The average Bonchev–Trinajstić information content (AvgIpc) is 3.26. The van der Waals surface area contributed by atoms with E-state index in [1.54, 1.807) is 0 Å². The van der Waals surface area contributed by atoms with E-state index >= 15 is 0 Å². The van der Waals surface area contributed by atoms with Crippen LogP contribution in [0.1, 0.15) is 18.5 Å². The van der Waals surface area contributed by atoms with Crippen LogP contribution in [0.3, 0.4) is 0 Å². The molecule has 0 amide bonds. The number of nitrogens with zero attached hydrogens (tertiary/aromatic N) is 2. The van der Waals surface area contributed by atoms with E-state index in [1.807, 2.05) is 18.3 Å². The molecule has 1 fully saturated rings. The van der Waals surface area contributed by atoms with Gasteiger partial charge in [-0.15, -0.1) is 0 Å².